The number of benzene rings is 2. The van der Waals surface area contributed by atoms with Gasteiger partial charge in [0.15, 0.2) is 0 Å². The van der Waals surface area contributed by atoms with E-state index >= 15 is 0 Å². The first kappa shape index (κ1) is 15.2. The third-order valence-electron chi connectivity index (χ3n) is 2.60. The number of nitro benzene ring substituents is 1. The number of carbonyl (C=O) groups excluding carboxylic acids is 1. The van der Waals surface area contributed by atoms with Gasteiger partial charge in [-0.2, -0.15) is 0 Å². The molecule has 2 aromatic carbocycles. The second kappa shape index (κ2) is 6.07. The van der Waals surface area contributed by atoms with Crippen molar-refractivity contribution >= 4 is 40.5 Å². The van der Waals surface area contributed by atoms with Crippen molar-refractivity contribution < 1.29 is 14.1 Å². The molecule has 0 radical (unpaired) electrons. The lowest BCUT2D eigenvalue weighted by Gasteiger charge is -2.08. The van der Waals surface area contributed by atoms with E-state index in [4.69, 9.17) is 23.2 Å². The van der Waals surface area contributed by atoms with Gasteiger partial charge in [-0.15, -0.1) is 0 Å². The van der Waals surface area contributed by atoms with Crippen LogP contribution in [0.3, 0.4) is 0 Å². The van der Waals surface area contributed by atoms with Crippen molar-refractivity contribution in [3.63, 3.8) is 0 Å². The number of carbonyl (C=O) groups is 1. The van der Waals surface area contributed by atoms with Crippen molar-refractivity contribution in [1.82, 2.24) is 0 Å². The molecule has 0 aliphatic heterocycles. The molecule has 2 aromatic rings. The molecule has 8 heteroatoms. The highest BCUT2D eigenvalue weighted by Gasteiger charge is 2.22. The van der Waals surface area contributed by atoms with Gasteiger partial charge in [0.1, 0.15) is 11.4 Å². The zero-order valence-electron chi connectivity index (χ0n) is 10.3. The predicted octanol–water partition coefficient (Wildman–Crippen LogP) is 4.29. The normalized spacial score (nSPS) is 10.2. The first-order valence-corrected chi connectivity index (χ1v) is 6.35. The second-order valence-electron chi connectivity index (χ2n) is 3.97. The molecule has 0 heterocycles. The summed E-state index contributed by atoms with van der Waals surface area (Å²) >= 11 is 11.5. The van der Waals surface area contributed by atoms with Crippen LogP contribution in [-0.4, -0.2) is 10.8 Å². The number of nitrogens with one attached hydrogen (secondary N) is 1. The molecule has 0 fully saturated rings. The van der Waals surface area contributed by atoms with Crippen molar-refractivity contribution in [2.24, 2.45) is 0 Å². The molecule has 0 atom stereocenters. The lowest BCUT2D eigenvalue weighted by atomic mass is 10.1. The summed E-state index contributed by atoms with van der Waals surface area (Å²) in [4.78, 5) is 22.3. The largest absolute Gasteiger partial charge is 0.318 e. The smallest absolute Gasteiger partial charge is 0.282 e. The summed E-state index contributed by atoms with van der Waals surface area (Å²) in [6, 6.07) is 7.37. The van der Waals surface area contributed by atoms with Gasteiger partial charge in [0.2, 0.25) is 0 Å². The number of nitrogens with zero attached hydrogens (tertiary/aromatic N) is 1. The van der Waals surface area contributed by atoms with Crippen LogP contribution >= 0.6 is 23.2 Å². The summed E-state index contributed by atoms with van der Waals surface area (Å²) in [6.07, 6.45) is 0. The summed E-state index contributed by atoms with van der Waals surface area (Å²) in [5.74, 6) is -1.63. The van der Waals surface area contributed by atoms with Crippen LogP contribution in [0.5, 0.6) is 0 Å². The molecule has 0 saturated carbocycles. The highest BCUT2D eigenvalue weighted by molar-refractivity contribution is 6.34. The van der Waals surface area contributed by atoms with Crippen LogP contribution in [0.25, 0.3) is 0 Å². The Hall–Kier alpha value is -2.18. The van der Waals surface area contributed by atoms with Crippen molar-refractivity contribution in [2.75, 3.05) is 5.32 Å². The maximum atomic E-state index is 13.6. The van der Waals surface area contributed by atoms with Gasteiger partial charge in [-0.3, -0.25) is 14.9 Å². The van der Waals surface area contributed by atoms with Crippen molar-refractivity contribution in [1.29, 1.82) is 0 Å². The number of nitro groups is 1. The Morgan fingerprint density at radius 3 is 2.57 bits per heavy atom. The van der Waals surface area contributed by atoms with Gasteiger partial charge < -0.3 is 5.32 Å². The fourth-order valence-electron chi connectivity index (χ4n) is 1.65. The molecule has 0 spiro atoms. The first-order chi connectivity index (χ1) is 9.90. The number of amides is 1. The average molecular weight is 329 g/mol. The molecular formula is C13H7Cl2FN2O3. The lowest BCUT2D eigenvalue weighted by Crippen LogP contribution is -2.15. The topological polar surface area (TPSA) is 72.2 Å². The first-order valence-electron chi connectivity index (χ1n) is 5.59. The minimum Gasteiger partial charge on any atom is -0.318 e. The van der Waals surface area contributed by atoms with Gasteiger partial charge in [-0.1, -0.05) is 29.3 Å². The number of rotatable bonds is 3. The van der Waals surface area contributed by atoms with Crippen molar-refractivity contribution in [2.45, 2.75) is 0 Å². The van der Waals surface area contributed by atoms with E-state index < -0.39 is 22.3 Å². The second-order valence-corrected chi connectivity index (χ2v) is 4.81. The van der Waals surface area contributed by atoms with Crippen molar-refractivity contribution in [3.05, 3.63) is 67.9 Å². The van der Waals surface area contributed by atoms with Gasteiger partial charge in [0.05, 0.1) is 15.6 Å². The van der Waals surface area contributed by atoms with Gasteiger partial charge >= 0.3 is 0 Å². The highest BCUT2D eigenvalue weighted by atomic mass is 35.5. The number of hydrogen-bond acceptors (Lipinski definition) is 3. The predicted molar refractivity (Wildman–Crippen MR) is 77.5 cm³/mol. The molecule has 2 rings (SSSR count). The maximum Gasteiger partial charge on any atom is 0.282 e. The molecule has 0 unspecified atom stereocenters. The van der Waals surface area contributed by atoms with Gasteiger partial charge in [-0.25, -0.2) is 4.39 Å². The molecule has 108 valence electrons. The van der Waals surface area contributed by atoms with E-state index in [0.717, 1.165) is 18.2 Å². The van der Waals surface area contributed by atoms with E-state index in [1.165, 1.54) is 18.2 Å². The molecule has 5 nitrogen and oxygen atoms in total. The Morgan fingerprint density at radius 1 is 1.24 bits per heavy atom. The molecule has 0 saturated heterocycles. The van der Waals surface area contributed by atoms with Gasteiger partial charge in [-0.05, 0) is 24.3 Å². The Bertz CT molecular complexity index is 717. The summed E-state index contributed by atoms with van der Waals surface area (Å²) in [7, 11) is 0. The van der Waals surface area contributed by atoms with E-state index in [0.29, 0.717) is 0 Å². The Morgan fingerprint density at radius 2 is 1.95 bits per heavy atom. The standard InChI is InChI=1S/C13H7Cl2FN2O3/c14-7-4-5-11(18(20)21)8(6-7)13(19)17-12-9(15)2-1-3-10(12)16/h1-6H,(H,17,19). The number of para-hydroxylation sites is 1. The van der Waals surface area contributed by atoms with Gasteiger partial charge in [0, 0.05) is 11.1 Å². The molecule has 1 amide bonds. The minimum atomic E-state index is -0.879. The highest BCUT2D eigenvalue weighted by Crippen LogP contribution is 2.28. The number of hydrogen-bond donors (Lipinski definition) is 1. The summed E-state index contributed by atoms with van der Waals surface area (Å²) in [5, 5.41) is 13.2. The van der Waals surface area contributed by atoms with E-state index in [1.807, 2.05) is 0 Å². The van der Waals surface area contributed by atoms with E-state index in [9.17, 15) is 19.3 Å². The third kappa shape index (κ3) is 3.29. The van der Waals surface area contributed by atoms with Crippen LogP contribution in [0.15, 0.2) is 36.4 Å². The lowest BCUT2D eigenvalue weighted by molar-refractivity contribution is -0.385. The third-order valence-corrected chi connectivity index (χ3v) is 3.15. The van der Waals surface area contributed by atoms with Crippen LogP contribution in [-0.2, 0) is 0 Å². The molecular weight excluding hydrogens is 322 g/mol. The van der Waals surface area contributed by atoms with E-state index in [2.05, 4.69) is 5.32 Å². The zero-order chi connectivity index (χ0) is 15.6. The Kier molecular flexibility index (Phi) is 4.40. The van der Waals surface area contributed by atoms with Crippen LogP contribution in [0, 0.1) is 15.9 Å². The summed E-state index contributed by atoms with van der Waals surface area (Å²) < 4.78 is 13.6. The van der Waals surface area contributed by atoms with Crippen LogP contribution in [0.2, 0.25) is 10.0 Å². The quantitative estimate of drug-likeness (QED) is 0.674. The minimum absolute atomic E-state index is 0.0203. The van der Waals surface area contributed by atoms with Crippen LogP contribution in [0.1, 0.15) is 10.4 Å². The molecule has 0 aliphatic rings. The van der Waals surface area contributed by atoms with Crippen LogP contribution in [0.4, 0.5) is 15.8 Å². The molecule has 0 aromatic heterocycles. The summed E-state index contributed by atoms with van der Waals surface area (Å²) in [6.45, 7) is 0. The fraction of sp³-hybridized carbons (Fsp3) is 0. The summed E-state index contributed by atoms with van der Waals surface area (Å²) in [5.41, 5.74) is -0.977. The molecule has 0 aliphatic carbocycles. The number of anilines is 1. The maximum absolute atomic E-state index is 13.6. The van der Waals surface area contributed by atoms with E-state index in [1.54, 1.807) is 0 Å². The Labute approximate surface area is 128 Å². The average Bonchev–Trinajstić information content (AvgIpc) is 2.42. The molecule has 21 heavy (non-hydrogen) atoms. The zero-order valence-corrected chi connectivity index (χ0v) is 11.8. The molecule has 1 N–H and O–H groups in total. The Balaban J connectivity index is 2.41. The van der Waals surface area contributed by atoms with Crippen LogP contribution < -0.4 is 5.32 Å². The van der Waals surface area contributed by atoms with E-state index in [-0.39, 0.29) is 21.3 Å². The van der Waals surface area contributed by atoms with Crippen molar-refractivity contribution in [3.8, 4) is 0 Å². The monoisotopic (exact) mass is 328 g/mol. The fourth-order valence-corrected chi connectivity index (χ4v) is 2.03. The van der Waals surface area contributed by atoms with Gasteiger partial charge in [0.25, 0.3) is 11.6 Å². The molecule has 0 bridgehead atoms. The number of halogens is 3. The SMILES string of the molecule is O=C(Nc1c(F)cccc1Cl)c1cc(Cl)ccc1[N+](=O)[O-].